The molecule has 0 radical (unpaired) electrons. The van der Waals surface area contributed by atoms with Gasteiger partial charge in [0.2, 0.25) is 0 Å². The van der Waals surface area contributed by atoms with Crippen LogP contribution < -0.4 is 10.2 Å². The van der Waals surface area contributed by atoms with Crippen LogP contribution in [0.2, 0.25) is 0 Å². The molecule has 0 aromatic carbocycles. The summed E-state index contributed by atoms with van der Waals surface area (Å²) >= 11 is 2.04. The fourth-order valence-corrected chi connectivity index (χ4v) is 3.58. The lowest BCUT2D eigenvalue weighted by molar-refractivity contribution is 0.551. The highest BCUT2D eigenvalue weighted by molar-refractivity contribution is 7.99. The Hall–Kier alpha value is -0.740. The topological polar surface area (TPSA) is 28.2 Å². The SMILES string of the molecule is Cc1cc(CNCC(C)C)cnc1N1CCSCC1C. The van der Waals surface area contributed by atoms with Crippen LogP contribution in [0.15, 0.2) is 12.3 Å². The maximum absolute atomic E-state index is 4.73. The molecule has 1 N–H and O–H groups in total. The molecule has 3 nitrogen and oxygen atoms in total. The first kappa shape index (κ1) is 15.6. The molecule has 1 aromatic rings. The Morgan fingerprint density at radius 2 is 2.30 bits per heavy atom. The molecule has 0 spiro atoms. The van der Waals surface area contributed by atoms with Gasteiger partial charge in [0.1, 0.15) is 5.82 Å². The number of hydrogen-bond donors (Lipinski definition) is 1. The molecule has 0 aliphatic carbocycles. The van der Waals surface area contributed by atoms with Crippen molar-refractivity contribution in [2.24, 2.45) is 5.92 Å². The van der Waals surface area contributed by atoms with Crippen LogP contribution in [0.1, 0.15) is 31.9 Å². The van der Waals surface area contributed by atoms with Crippen LogP contribution in [0.4, 0.5) is 5.82 Å². The molecule has 0 saturated carbocycles. The lowest BCUT2D eigenvalue weighted by atomic mass is 10.1. The van der Waals surface area contributed by atoms with Crippen molar-refractivity contribution in [3.63, 3.8) is 0 Å². The molecule has 20 heavy (non-hydrogen) atoms. The van der Waals surface area contributed by atoms with Gasteiger partial charge in [0.25, 0.3) is 0 Å². The summed E-state index contributed by atoms with van der Waals surface area (Å²) in [6, 6.07) is 2.87. The van der Waals surface area contributed by atoms with E-state index in [2.05, 4.69) is 44.0 Å². The smallest absolute Gasteiger partial charge is 0.131 e. The molecule has 1 saturated heterocycles. The van der Waals surface area contributed by atoms with Gasteiger partial charge in [0, 0.05) is 36.8 Å². The van der Waals surface area contributed by atoms with Crippen molar-refractivity contribution in [2.45, 2.75) is 40.3 Å². The molecular formula is C16H27N3S. The highest BCUT2D eigenvalue weighted by atomic mass is 32.2. The minimum absolute atomic E-state index is 0.588. The van der Waals surface area contributed by atoms with Gasteiger partial charge >= 0.3 is 0 Å². The molecule has 0 amide bonds. The first-order valence-electron chi connectivity index (χ1n) is 7.58. The van der Waals surface area contributed by atoms with Crippen molar-refractivity contribution < 1.29 is 0 Å². The molecule has 2 heterocycles. The lowest BCUT2D eigenvalue weighted by Gasteiger charge is -2.35. The van der Waals surface area contributed by atoms with Crippen LogP contribution in [-0.2, 0) is 6.54 Å². The van der Waals surface area contributed by atoms with Gasteiger partial charge in [-0.25, -0.2) is 4.98 Å². The number of hydrogen-bond acceptors (Lipinski definition) is 4. The van der Waals surface area contributed by atoms with E-state index >= 15 is 0 Å². The van der Waals surface area contributed by atoms with Gasteiger partial charge in [-0.15, -0.1) is 0 Å². The molecule has 2 rings (SSSR count). The Morgan fingerprint density at radius 3 is 2.95 bits per heavy atom. The number of thioether (sulfide) groups is 1. The quantitative estimate of drug-likeness (QED) is 0.903. The Morgan fingerprint density at radius 1 is 1.50 bits per heavy atom. The monoisotopic (exact) mass is 293 g/mol. The number of aromatic nitrogens is 1. The summed E-state index contributed by atoms with van der Waals surface area (Å²) in [5, 5.41) is 3.48. The highest BCUT2D eigenvalue weighted by Gasteiger charge is 2.21. The van der Waals surface area contributed by atoms with E-state index in [-0.39, 0.29) is 0 Å². The van der Waals surface area contributed by atoms with E-state index in [0.717, 1.165) is 19.6 Å². The van der Waals surface area contributed by atoms with Crippen LogP contribution in [0, 0.1) is 12.8 Å². The fraction of sp³-hybridized carbons (Fsp3) is 0.688. The minimum atomic E-state index is 0.588. The Labute approximate surface area is 127 Å². The molecule has 1 fully saturated rings. The summed E-state index contributed by atoms with van der Waals surface area (Å²) in [6.45, 7) is 12.0. The number of pyridine rings is 1. The first-order valence-corrected chi connectivity index (χ1v) is 8.74. The highest BCUT2D eigenvalue weighted by Crippen LogP contribution is 2.25. The first-order chi connectivity index (χ1) is 9.58. The summed E-state index contributed by atoms with van der Waals surface area (Å²) in [4.78, 5) is 7.18. The van der Waals surface area contributed by atoms with Crippen molar-refractivity contribution in [2.75, 3.05) is 29.5 Å². The minimum Gasteiger partial charge on any atom is -0.352 e. The summed E-state index contributed by atoms with van der Waals surface area (Å²) < 4.78 is 0. The molecule has 112 valence electrons. The molecule has 1 aliphatic rings. The number of aryl methyl sites for hydroxylation is 1. The number of nitrogens with one attached hydrogen (secondary N) is 1. The average molecular weight is 293 g/mol. The Balaban J connectivity index is 2.01. The number of rotatable bonds is 5. The summed E-state index contributed by atoms with van der Waals surface area (Å²) in [5.41, 5.74) is 2.58. The third-order valence-corrected chi connectivity index (χ3v) is 4.82. The second-order valence-electron chi connectivity index (χ2n) is 6.13. The third kappa shape index (κ3) is 4.13. The largest absolute Gasteiger partial charge is 0.352 e. The van der Waals surface area contributed by atoms with Crippen LogP contribution in [-0.4, -0.2) is 35.6 Å². The maximum atomic E-state index is 4.73. The van der Waals surface area contributed by atoms with Crippen molar-refractivity contribution in [1.29, 1.82) is 0 Å². The second-order valence-corrected chi connectivity index (χ2v) is 7.28. The summed E-state index contributed by atoms with van der Waals surface area (Å²) in [5.74, 6) is 4.28. The molecule has 4 heteroatoms. The van der Waals surface area contributed by atoms with Crippen molar-refractivity contribution in [3.8, 4) is 0 Å². The van der Waals surface area contributed by atoms with Gasteiger partial charge in [-0.2, -0.15) is 11.8 Å². The maximum Gasteiger partial charge on any atom is 0.131 e. The van der Waals surface area contributed by atoms with E-state index < -0.39 is 0 Å². The predicted molar refractivity (Wildman–Crippen MR) is 89.7 cm³/mol. The normalized spacial score (nSPS) is 19.6. The zero-order valence-corrected chi connectivity index (χ0v) is 14.0. The second kappa shape index (κ2) is 7.32. The fourth-order valence-electron chi connectivity index (χ4n) is 2.57. The van der Waals surface area contributed by atoms with Gasteiger partial charge in [-0.1, -0.05) is 13.8 Å². The van der Waals surface area contributed by atoms with Crippen molar-refractivity contribution >= 4 is 17.6 Å². The van der Waals surface area contributed by atoms with E-state index in [1.165, 1.54) is 28.5 Å². The van der Waals surface area contributed by atoms with Crippen LogP contribution >= 0.6 is 11.8 Å². The van der Waals surface area contributed by atoms with Crippen LogP contribution in [0.5, 0.6) is 0 Å². The number of anilines is 1. The van der Waals surface area contributed by atoms with Gasteiger partial charge in [-0.05, 0) is 43.5 Å². The molecule has 1 aromatic heterocycles. The van der Waals surface area contributed by atoms with Crippen LogP contribution in [0.25, 0.3) is 0 Å². The van der Waals surface area contributed by atoms with E-state index in [1.807, 2.05) is 18.0 Å². The van der Waals surface area contributed by atoms with E-state index in [4.69, 9.17) is 4.98 Å². The molecule has 0 bridgehead atoms. The third-order valence-electron chi connectivity index (χ3n) is 3.63. The molecule has 1 atom stereocenters. The van der Waals surface area contributed by atoms with Crippen LogP contribution in [0.3, 0.4) is 0 Å². The zero-order valence-electron chi connectivity index (χ0n) is 13.1. The predicted octanol–water partition coefficient (Wildman–Crippen LogP) is 3.08. The lowest BCUT2D eigenvalue weighted by Crippen LogP contribution is -2.41. The summed E-state index contributed by atoms with van der Waals surface area (Å²) in [7, 11) is 0. The summed E-state index contributed by atoms with van der Waals surface area (Å²) in [6.07, 6.45) is 2.03. The Kier molecular flexibility index (Phi) is 5.73. The molecular weight excluding hydrogens is 266 g/mol. The van der Waals surface area contributed by atoms with E-state index in [9.17, 15) is 0 Å². The Bertz CT molecular complexity index is 434. The molecule has 1 unspecified atom stereocenters. The van der Waals surface area contributed by atoms with Crippen molar-refractivity contribution in [3.05, 3.63) is 23.4 Å². The standard InChI is InChI=1S/C16H27N3S/c1-12(2)8-17-9-15-7-13(3)16(18-10-15)19-5-6-20-11-14(19)4/h7,10,12,14,17H,5-6,8-9,11H2,1-4H3. The molecule has 1 aliphatic heterocycles. The number of nitrogens with zero attached hydrogens (tertiary/aromatic N) is 2. The average Bonchev–Trinajstić information content (AvgIpc) is 2.40. The van der Waals surface area contributed by atoms with Gasteiger partial charge in [0.05, 0.1) is 0 Å². The van der Waals surface area contributed by atoms with E-state index in [0.29, 0.717) is 12.0 Å². The zero-order chi connectivity index (χ0) is 14.5. The van der Waals surface area contributed by atoms with Gasteiger partial charge in [-0.3, -0.25) is 0 Å². The van der Waals surface area contributed by atoms with Gasteiger partial charge < -0.3 is 10.2 Å². The van der Waals surface area contributed by atoms with E-state index in [1.54, 1.807) is 0 Å². The van der Waals surface area contributed by atoms with Crippen molar-refractivity contribution in [1.82, 2.24) is 10.3 Å². The van der Waals surface area contributed by atoms with Gasteiger partial charge in [0.15, 0.2) is 0 Å².